The monoisotopic (exact) mass is 346 g/mol. The highest BCUT2D eigenvalue weighted by Gasteiger charge is 2.24. The van der Waals surface area contributed by atoms with E-state index in [-0.39, 0.29) is 17.0 Å². The van der Waals surface area contributed by atoms with Gasteiger partial charge in [0.2, 0.25) is 0 Å². The normalized spacial score (nSPS) is 19.3. The largest absolute Gasteiger partial charge is 0.337 e. The third-order valence-corrected chi connectivity index (χ3v) is 3.81. The first kappa shape index (κ1) is 14.3. The molecule has 0 radical (unpaired) electrons. The van der Waals surface area contributed by atoms with Gasteiger partial charge >= 0.3 is 0 Å². The van der Waals surface area contributed by atoms with Crippen molar-refractivity contribution in [2.45, 2.75) is 18.2 Å². The summed E-state index contributed by atoms with van der Waals surface area (Å²) < 4.78 is 0.518. The van der Waals surface area contributed by atoms with Gasteiger partial charge < -0.3 is 4.90 Å². The van der Waals surface area contributed by atoms with Crippen LogP contribution in [0.4, 0.5) is 5.69 Å². The lowest BCUT2D eigenvalue weighted by molar-refractivity contribution is -0.385. The highest BCUT2D eigenvalue weighted by atomic mass is 79.9. The SMILES string of the molecule is O=C(c1cc(Br)cc([N+](=O)[O-])c1)N1CCCC(Cl)C1. The molecule has 102 valence electrons. The number of nitrogens with zero attached hydrogens (tertiary/aromatic N) is 2. The molecule has 5 nitrogen and oxygen atoms in total. The Hall–Kier alpha value is -1.14. The minimum atomic E-state index is -0.512. The molecule has 0 N–H and O–H groups in total. The first-order valence-electron chi connectivity index (χ1n) is 5.85. The summed E-state index contributed by atoms with van der Waals surface area (Å²) in [5.74, 6) is -0.213. The average molecular weight is 348 g/mol. The molecule has 1 fully saturated rings. The molecular weight excluding hydrogens is 336 g/mol. The molecule has 0 bridgehead atoms. The Balaban J connectivity index is 2.25. The van der Waals surface area contributed by atoms with Gasteiger partial charge in [-0.1, -0.05) is 15.9 Å². The zero-order chi connectivity index (χ0) is 14.0. The molecular formula is C12H12BrClN2O3. The fraction of sp³-hybridized carbons (Fsp3) is 0.417. The van der Waals surface area contributed by atoms with E-state index in [1.165, 1.54) is 12.1 Å². The van der Waals surface area contributed by atoms with E-state index in [4.69, 9.17) is 11.6 Å². The van der Waals surface area contributed by atoms with Crippen LogP contribution >= 0.6 is 27.5 Å². The minimum Gasteiger partial charge on any atom is -0.337 e. The summed E-state index contributed by atoms with van der Waals surface area (Å²) in [6.45, 7) is 1.13. The number of non-ortho nitro benzene ring substituents is 1. The maximum atomic E-state index is 12.3. The van der Waals surface area contributed by atoms with Crippen LogP contribution < -0.4 is 0 Å². The van der Waals surface area contributed by atoms with Gasteiger partial charge in [0.25, 0.3) is 11.6 Å². The lowest BCUT2D eigenvalue weighted by Gasteiger charge is -2.29. The van der Waals surface area contributed by atoms with Gasteiger partial charge in [0.05, 0.1) is 10.3 Å². The predicted molar refractivity (Wildman–Crippen MR) is 75.6 cm³/mol. The van der Waals surface area contributed by atoms with Crippen molar-refractivity contribution in [1.82, 2.24) is 4.90 Å². The summed E-state index contributed by atoms with van der Waals surface area (Å²) in [5.41, 5.74) is 0.212. The van der Waals surface area contributed by atoms with Crippen LogP contribution in [0.1, 0.15) is 23.2 Å². The molecule has 1 saturated heterocycles. The fourth-order valence-corrected chi connectivity index (χ4v) is 2.90. The second-order valence-corrected chi connectivity index (χ2v) is 5.98. The van der Waals surface area contributed by atoms with Crippen LogP contribution in [0.2, 0.25) is 0 Å². The molecule has 7 heteroatoms. The van der Waals surface area contributed by atoms with Gasteiger partial charge in [-0.05, 0) is 18.9 Å². The summed E-state index contributed by atoms with van der Waals surface area (Å²) in [5, 5.41) is 10.8. The number of nitro groups is 1. The zero-order valence-electron chi connectivity index (χ0n) is 10.0. The second-order valence-electron chi connectivity index (χ2n) is 4.45. The maximum absolute atomic E-state index is 12.3. The molecule has 1 heterocycles. The van der Waals surface area contributed by atoms with Crippen LogP contribution in [-0.2, 0) is 0 Å². The Morgan fingerprint density at radius 2 is 2.21 bits per heavy atom. The molecule has 1 aromatic carbocycles. The molecule has 1 aliphatic rings. The summed E-state index contributed by atoms with van der Waals surface area (Å²) in [7, 11) is 0. The summed E-state index contributed by atoms with van der Waals surface area (Å²) in [6, 6.07) is 4.26. The summed E-state index contributed by atoms with van der Waals surface area (Å²) >= 11 is 9.23. The van der Waals surface area contributed by atoms with Crippen molar-refractivity contribution in [2.75, 3.05) is 13.1 Å². The van der Waals surface area contributed by atoms with Crippen molar-refractivity contribution in [3.05, 3.63) is 38.3 Å². The van der Waals surface area contributed by atoms with Gasteiger partial charge in [-0.15, -0.1) is 11.6 Å². The van der Waals surface area contributed by atoms with Gasteiger partial charge in [0.1, 0.15) is 0 Å². The van der Waals surface area contributed by atoms with Crippen molar-refractivity contribution < 1.29 is 9.72 Å². The number of halogens is 2. The molecule has 19 heavy (non-hydrogen) atoms. The number of rotatable bonds is 2. The van der Waals surface area contributed by atoms with Crippen LogP contribution in [0.5, 0.6) is 0 Å². The predicted octanol–water partition coefficient (Wildman–Crippen LogP) is 3.20. The Bertz CT molecular complexity index is 524. The van der Waals surface area contributed by atoms with E-state index in [9.17, 15) is 14.9 Å². The second kappa shape index (κ2) is 5.88. The van der Waals surface area contributed by atoms with Crippen LogP contribution in [0, 0.1) is 10.1 Å². The number of benzene rings is 1. The van der Waals surface area contributed by atoms with Crippen molar-refractivity contribution in [2.24, 2.45) is 0 Å². The van der Waals surface area contributed by atoms with Crippen molar-refractivity contribution in [3.8, 4) is 0 Å². The lowest BCUT2D eigenvalue weighted by Crippen LogP contribution is -2.40. The fourth-order valence-electron chi connectivity index (χ4n) is 2.10. The van der Waals surface area contributed by atoms with E-state index >= 15 is 0 Å². The molecule has 1 unspecified atom stereocenters. The van der Waals surface area contributed by atoms with E-state index in [2.05, 4.69) is 15.9 Å². The van der Waals surface area contributed by atoms with E-state index in [0.717, 1.165) is 12.8 Å². The zero-order valence-corrected chi connectivity index (χ0v) is 12.4. The molecule has 0 aromatic heterocycles. The maximum Gasteiger partial charge on any atom is 0.271 e. The van der Waals surface area contributed by atoms with E-state index in [0.29, 0.717) is 23.1 Å². The lowest BCUT2D eigenvalue weighted by atomic mass is 10.1. The molecule has 0 saturated carbocycles. The number of alkyl halides is 1. The van der Waals surface area contributed by atoms with Crippen LogP contribution in [0.3, 0.4) is 0 Å². The summed E-state index contributed by atoms with van der Waals surface area (Å²) in [4.78, 5) is 24.2. The first-order chi connectivity index (χ1) is 8.97. The van der Waals surface area contributed by atoms with Crippen LogP contribution in [0.15, 0.2) is 22.7 Å². The molecule has 1 amide bonds. The molecule has 1 aromatic rings. The Labute approximate surface area is 123 Å². The van der Waals surface area contributed by atoms with Gasteiger partial charge in [0.15, 0.2) is 0 Å². The standard InChI is InChI=1S/C12H12BrClN2O3/c13-9-4-8(5-11(6-9)16(18)19)12(17)15-3-1-2-10(14)7-15/h4-6,10H,1-3,7H2. The highest BCUT2D eigenvalue weighted by molar-refractivity contribution is 9.10. The number of hydrogen-bond donors (Lipinski definition) is 0. The van der Waals surface area contributed by atoms with Crippen molar-refractivity contribution in [1.29, 1.82) is 0 Å². The van der Waals surface area contributed by atoms with E-state index in [1.807, 2.05) is 0 Å². The third kappa shape index (κ3) is 3.45. The molecule has 2 rings (SSSR count). The first-order valence-corrected chi connectivity index (χ1v) is 7.08. The smallest absolute Gasteiger partial charge is 0.271 e. The number of carbonyl (C=O) groups excluding carboxylic acids is 1. The average Bonchev–Trinajstić information content (AvgIpc) is 2.37. The quantitative estimate of drug-likeness (QED) is 0.469. The Kier molecular flexibility index (Phi) is 4.42. The molecule has 1 atom stereocenters. The molecule has 0 aliphatic carbocycles. The van der Waals surface area contributed by atoms with Crippen molar-refractivity contribution in [3.63, 3.8) is 0 Å². The van der Waals surface area contributed by atoms with E-state index in [1.54, 1.807) is 11.0 Å². The molecule has 0 spiro atoms. The van der Waals surface area contributed by atoms with Crippen LogP contribution in [0.25, 0.3) is 0 Å². The number of piperidine rings is 1. The number of likely N-dealkylation sites (tertiary alicyclic amines) is 1. The number of hydrogen-bond acceptors (Lipinski definition) is 3. The summed E-state index contributed by atoms with van der Waals surface area (Å²) in [6.07, 6.45) is 1.75. The number of nitro benzene ring substituents is 1. The number of amides is 1. The molecule has 1 aliphatic heterocycles. The van der Waals surface area contributed by atoms with Crippen LogP contribution in [-0.4, -0.2) is 34.2 Å². The minimum absolute atomic E-state index is 0.0418. The van der Waals surface area contributed by atoms with Gasteiger partial charge in [-0.2, -0.15) is 0 Å². The van der Waals surface area contributed by atoms with Gasteiger partial charge in [-0.3, -0.25) is 14.9 Å². The van der Waals surface area contributed by atoms with Gasteiger partial charge in [0, 0.05) is 35.3 Å². The van der Waals surface area contributed by atoms with Crippen molar-refractivity contribution >= 4 is 39.1 Å². The topological polar surface area (TPSA) is 63.4 Å². The van der Waals surface area contributed by atoms with Gasteiger partial charge in [-0.25, -0.2) is 0 Å². The highest BCUT2D eigenvalue weighted by Crippen LogP contribution is 2.24. The Morgan fingerprint density at radius 1 is 1.47 bits per heavy atom. The van der Waals surface area contributed by atoms with E-state index < -0.39 is 4.92 Å². The number of carbonyl (C=O) groups is 1. The third-order valence-electron chi connectivity index (χ3n) is 2.99. The Morgan fingerprint density at radius 3 is 2.84 bits per heavy atom.